The Bertz CT molecular complexity index is 107. The van der Waals surface area contributed by atoms with Crippen LogP contribution in [0.1, 0.15) is 6.42 Å². The lowest BCUT2D eigenvalue weighted by Gasteiger charge is -2.25. The maximum absolute atomic E-state index is 9.05. The summed E-state index contributed by atoms with van der Waals surface area (Å²) in [6.45, 7) is 0.343. The van der Waals surface area contributed by atoms with Gasteiger partial charge >= 0.3 is 0 Å². The van der Waals surface area contributed by atoms with Crippen molar-refractivity contribution in [2.75, 3.05) is 18.1 Å². The number of rotatable bonds is 1. The Morgan fingerprint density at radius 3 is 2.44 bits per heavy atom. The van der Waals surface area contributed by atoms with Crippen LogP contribution in [0.2, 0.25) is 0 Å². The maximum atomic E-state index is 9.05. The molecule has 9 heavy (non-hydrogen) atoms. The van der Waals surface area contributed by atoms with Crippen LogP contribution in [-0.4, -0.2) is 27.2 Å². The summed E-state index contributed by atoms with van der Waals surface area (Å²) in [6, 6.07) is 0. The minimum atomic E-state index is -2.23. The molecule has 1 unspecified atom stereocenters. The summed E-state index contributed by atoms with van der Waals surface area (Å²) in [7, 11) is -2.23. The van der Waals surface area contributed by atoms with Gasteiger partial charge in [0.15, 0.2) is 0 Å². The molecule has 1 heterocycles. The molecule has 0 bridgehead atoms. The van der Waals surface area contributed by atoms with E-state index in [0.29, 0.717) is 18.1 Å². The van der Waals surface area contributed by atoms with Crippen molar-refractivity contribution in [2.45, 2.75) is 6.42 Å². The topological polar surface area (TPSA) is 64.3 Å². The Hall–Kier alpha value is 0.230. The molecule has 1 rings (SSSR count). The van der Waals surface area contributed by atoms with Crippen molar-refractivity contribution in [2.24, 2.45) is 5.92 Å². The van der Waals surface area contributed by atoms with Crippen LogP contribution < -0.4 is 5.73 Å². The van der Waals surface area contributed by atoms with Crippen LogP contribution in [0.25, 0.3) is 0 Å². The first-order chi connectivity index (χ1) is 4.14. The van der Waals surface area contributed by atoms with Gasteiger partial charge in [-0.05, 0) is 12.3 Å². The average molecular weight is 150 g/mol. The first kappa shape index (κ1) is 7.34. The SMILES string of the molecule is [NH]CC1CCS(O)(O)C1. The van der Waals surface area contributed by atoms with E-state index in [0.717, 1.165) is 6.42 Å². The predicted octanol–water partition coefficient (Wildman–Crippen LogP) is 1.04. The first-order valence-corrected chi connectivity index (χ1v) is 4.91. The molecule has 55 valence electrons. The Morgan fingerprint density at radius 2 is 2.22 bits per heavy atom. The molecule has 3 N–H and O–H groups in total. The van der Waals surface area contributed by atoms with E-state index in [-0.39, 0.29) is 5.92 Å². The second kappa shape index (κ2) is 2.46. The van der Waals surface area contributed by atoms with Gasteiger partial charge in [0.1, 0.15) is 0 Å². The van der Waals surface area contributed by atoms with Gasteiger partial charge in [0.25, 0.3) is 0 Å². The fourth-order valence-electron chi connectivity index (χ4n) is 1.06. The van der Waals surface area contributed by atoms with E-state index in [4.69, 9.17) is 14.8 Å². The fraction of sp³-hybridized carbons (Fsp3) is 1.00. The molecule has 1 atom stereocenters. The van der Waals surface area contributed by atoms with Crippen LogP contribution in [-0.2, 0) is 0 Å². The summed E-state index contributed by atoms with van der Waals surface area (Å²) in [5.74, 6) is 1.24. The van der Waals surface area contributed by atoms with Gasteiger partial charge in [0.05, 0.1) is 0 Å². The van der Waals surface area contributed by atoms with Crippen molar-refractivity contribution >= 4 is 10.6 Å². The zero-order valence-electron chi connectivity index (χ0n) is 5.21. The quantitative estimate of drug-likeness (QED) is 0.586. The number of hydrogen-bond acceptors (Lipinski definition) is 2. The van der Waals surface area contributed by atoms with Gasteiger partial charge < -0.3 is 0 Å². The summed E-state index contributed by atoms with van der Waals surface area (Å²) in [6.07, 6.45) is 0.825. The second-order valence-corrected chi connectivity index (χ2v) is 4.88. The van der Waals surface area contributed by atoms with Crippen LogP contribution in [0.3, 0.4) is 0 Å². The molecule has 1 aliphatic heterocycles. The minimum Gasteiger partial charge on any atom is -0.299 e. The zero-order valence-corrected chi connectivity index (χ0v) is 6.02. The van der Waals surface area contributed by atoms with Crippen molar-refractivity contribution in [1.29, 1.82) is 0 Å². The van der Waals surface area contributed by atoms with E-state index < -0.39 is 10.6 Å². The summed E-state index contributed by atoms with van der Waals surface area (Å²) >= 11 is 0. The van der Waals surface area contributed by atoms with Crippen LogP contribution in [0.4, 0.5) is 0 Å². The van der Waals surface area contributed by atoms with Crippen LogP contribution in [0.15, 0.2) is 0 Å². The summed E-state index contributed by atoms with van der Waals surface area (Å²) < 4.78 is 18.1. The van der Waals surface area contributed by atoms with Gasteiger partial charge in [0.2, 0.25) is 0 Å². The molecular weight excluding hydrogens is 138 g/mol. The zero-order chi connectivity index (χ0) is 6.91. The van der Waals surface area contributed by atoms with E-state index in [2.05, 4.69) is 0 Å². The second-order valence-electron chi connectivity index (χ2n) is 2.53. The van der Waals surface area contributed by atoms with Crippen molar-refractivity contribution in [3.8, 4) is 0 Å². The summed E-state index contributed by atoms with van der Waals surface area (Å²) in [4.78, 5) is 0. The van der Waals surface area contributed by atoms with Crippen molar-refractivity contribution in [3.05, 3.63) is 0 Å². The normalized spacial score (nSPS) is 36.6. The largest absolute Gasteiger partial charge is 0.299 e. The molecule has 0 aliphatic carbocycles. The highest BCUT2D eigenvalue weighted by atomic mass is 32.3. The lowest BCUT2D eigenvalue weighted by Crippen LogP contribution is -2.07. The van der Waals surface area contributed by atoms with Gasteiger partial charge in [-0.3, -0.25) is 14.8 Å². The van der Waals surface area contributed by atoms with E-state index in [1.165, 1.54) is 0 Å². The average Bonchev–Trinajstić information content (AvgIpc) is 2.10. The molecule has 0 aromatic carbocycles. The van der Waals surface area contributed by atoms with E-state index in [1.54, 1.807) is 0 Å². The third-order valence-corrected chi connectivity index (χ3v) is 3.54. The smallest absolute Gasteiger partial charge is 0.0415 e. The molecule has 1 saturated heterocycles. The van der Waals surface area contributed by atoms with Gasteiger partial charge in [-0.25, -0.2) is 0 Å². The molecule has 1 aliphatic rings. The fourth-order valence-corrected chi connectivity index (χ4v) is 2.98. The molecule has 0 saturated carbocycles. The minimum absolute atomic E-state index is 0.245. The van der Waals surface area contributed by atoms with Crippen molar-refractivity contribution < 1.29 is 9.11 Å². The molecular formula is C5H12NO2S. The highest BCUT2D eigenvalue weighted by Crippen LogP contribution is 2.47. The number of nitrogens with one attached hydrogen (secondary N) is 1. The van der Waals surface area contributed by atoms with Gasteiger partial charge in [-0.1, -0.05) is 0 Å². The van der Waals surface area contributed by atoms with Gasteiger partial charge in [-0.2, -0.15) is 10.6 Å². The molecule has 0 spiro atoms. The van der Waals surface area contributed by atoms with Crippen LogP contribution in [0, 0.1) is 5.92 Å². The van der Waals surface area contributed by atoms with Crippen LogP contribution in [0.5, 0.6) is 0 Å². The Balaban J connectivity index is 2.38. The van der Waals surface area contributed by atoms with Crippen molar-refractivity contribution in [1.82, 2.24) is 5.73 Å². The first-order valence-electron chi connectivity index (χ1n) is 3.02. The molecule has 3 nitrogen and oxygen atoms in total. The van der Waals surface area contributed by atoms with Crippen molar-refractivity contribution in [3.63, 3.8) is 0 Å². The summed E-state index contributed by atoms with van der Waals surface area (Å²) in [5, 5.41) is 0. The maximum Gasteiger partial charge on any atom is 0.0415 e. The highest BCUT2D eigenvalue weighted by molar-refractivity contribution is 8.24. The Kier molecular flexibility index (Phi) is 2.00. The Morgan fingerprint density at radius 1 is 1.56 bits per heavy atom. The molecule has 4 heteroatoms. The van der Waals surface area contributed by atoms with E-state index >= 15 is 0 Å². The van der Waals surface area contributed by atoms with Gasteiger partial charge in [0, 0.05) is 18.1 Å². The van der Waals surface area contributed by atoms with Crippen LogP contribution >= 0.6 is 10.6 Å². The third kappa shape index (κ3) is 1.82. The molecule has 0 aromatic heterocycles. The molecule has 0 amide bonds. The van der Waals surface area contributed by atoms with E-state index in [1.807, 2.05) is 0 Å². The lowest BCUT2D eigenvalue weighted by molar-refractivity contribution is 0.492. The van der Waals surface area contributed by atoms with Gasteiger partial charge in [-0.15, -0.1) is 0 Å². The molecule has 0 aromatic rings. The molecule has 1 radical (unpaired) electrons. The standard InChI is InChI=1S/C5H12NO2S/c6-3-5-1-2-9(7,8)4-5/h5-8H,1-4H2. The third-order valence-electron chi connectivity index (χ3n) is 1.64. The lowest BCUT2D eigenvalue weighted by atomic mass is 10.1. The Labute approximate surface area is 56.6 Å². The summed E-state index contributed by atoms with van der Waals surface area (Å²) in [5.41, 5.74) is 6.97. The highest BCUT2D eigenvalue weighted by Gasteiger charge is 2.26. The predicted molar refractivity (Wildman–Crippen MR) is 38.7 cm³/mol. The monoisotopic (exact) mass is 150 g/mol. The number of hydrogen-bond donors (Lipinski definition) is 2. The van der Waals surface area contributed by atoms with E-state index in [9.17, 15) is 0 Å². The molecule has 1 fully saturated rings.